The molecule has 0 saturated heterocycles. The van der Waals surface area contributed by atoms with Crippen LogP contribution in [0, 0.1) is 6.92 Å². The number of nitrogens with zero attached hydrogens (tertiary/aromatic N) is 1. The minimum atomic E-state index is -3.47. The summed E-state index contributed by atoms with van der Waals surface area (Å²) in [5.41, 5.74) is 1.68. The molecule has 134 valence electrons. The van der Waals surface area contributed by atoms with Gasteiger partial charge in [0.05, 0.1) is 17.9 Å². The van der Waals surface area contributed by atoms with E-state index in [1.165, 1.54) is 26.2 Å². The minimum Gasteiger partial charge on any atom is -0.493 e. The second-order valence-electron chi connectivity index (χ2n) is 5.77. The van der Waals surface area contributed by atoms with Crippen LogP contribution in [0.2, 0.25) is 0 Å². The molecule has 0 heterocycles. The number of anilines is 1. The quantitative estimate of drug-likeness (QED) is 0.822. The van der Waals surface area contributed by atoms with Gasteiger partial charge in [-0.05, 0) is 43.3 Å². The monoisotopic (exact) mass is 362 g/mol. The van der Waals surface area contributed by atoms with Crippen LogP contribution >= 0.6 is 0 Å². The second-order valence-corrected chi connectivity index (χ2v) is 7.92. The Hall–Kier alpha value is -2.38. The molecule has 7 heteroatoms. The standard InChI is InChI=1S/C18H22N2O4S/c1-14-4-8-16(9-5-14)24-13-12-18(21)19-15-6-10-17(11-7-15)25(22,23)20(2)3/h4-11H,12-13H2,1-3H3,(H,19,21). The van der Waals surface area contributed by atoms with Gasteiger partial charge < -0.3 is 10.1 Å². The van der Waals surface area contributed by atoms with E-state index in [0.29, 0.717) is 5.69 Å². The van der Waals surface area contributed by atoms with Gasteiger partial charge in [-0.3, -0.25) is 4.79 Å². The van der Waals surface area contributed by atoms with Gasteiger partial charge in [0, 0.05) is 19.8 Å². The number of carbonyl (C=O) groups is 1. The summed E-state index contributed by atoms with van der Waals surface area (Å²) in [6.07, 6.45) is 0.200. The Morgan fingerprint density at radius 3 is 2.20 bits per heavy atom. The summed E-state index contributed by atoms with van der Waals surface area (Å²) in [7, 11) is -0.527. The van der Waals surface area contributed by atoms with E-state index in [-0.39, 0.29) is 23.8 Å². The van der Waals surface area contributed by atoms with Gasteiger partial charge >= 0.3 is 0 Å². The topological polar surface area (TPSA) is 75.7 Å². The number of rotatable bonds is 7. The molecule has 0 aliphatic heterocycles. The summed E-state index contributed by atoms with van der Waals surface area (Å²) < 4.78 is 30.6. The number of aryl methyl sites for hydroxylation is 1. The molecule has 0 fully saturated rings. The summed E-state index contributed by atoms with van der Waals surface area (Å²) in [4.78, 5) is 12.1. The first-order valence-corrected chi connectivity index (χ1v) is 9.25. The first kappa shape index (κ1) is 19.0. The third-order valence-electron chi connectivity index (χ3n) is 3.54. The Kier molecular flexibility index (Phi) is 6.17. The number of sulfonamides is 1. The van der Waals surface area contributed by atoms with Gasteiger partial charge in [-0.15, -0.1) is 0 Å². The van der Waals surface area contributed by atoms with Gasteiger partial charge in [0.1, 0.15) is 5.75 Å². The molecular formula is C18H22N2O4S. The molecule has 0 atom stereocenters. The van der Waals surface area contributed by atoms with Crippen molar-refractivity contribution in [2.24, 2.45) is 0 Å². The minimum absolute atomic E-state index is 0.179. The molecule has 1 N–H and O–H groups in total. The van der Waals surface area contributed by atoms with Crippen LogP contribution in [-0.2, 0) is 14.8 Å². The molecular weight excluding hydrogens is 340 g/mol. The highest BCUT2D eigenvalue weighted by molar-refractivity contribution is 7.89. The Balaban J connectivity index is 1.85. The molecule has 0 unspecified atom stereocenters. The van der Waals surface area contributed by atoms with E-state index >= 15 is 0 Å². The number of nitrogens with one attached hydrogen (secondary N) is 1. The number of hydrogen-bond donors (Lipinski definition) is 1. The molecule has 6 nitrogen and oxygen atoms in total. The highest BCUT2D eigenvalue weighted by Gasteiger charge is 2.16. The fourth-order valence-corrected chi connectivity index (χ4v) is 2.94. The molecule has 2 aromatic rings. The summed E-state index contributed by atoms with van der Waals surface area (Å²) in [5.74, 6) is 0.520. The van der Waals surface area contributed by atoms with Crippen LogP contribution in [0.4, 0.5) is 5.69 Å². The first-order chi connectivity index (χ1) is 11.8. The predicted octanol–water partition coefficient (Wildman–Crippen LogP) is 2.65. The van der Waals surface area contributed by atoms with Crippen molar-refractivity contribution in [3.63, 3.8) is 0 Å². The molecule has 0 radical (unpaired) electrons. The molecule has 0 aromatic heterocycles. The molecule has 0 bridgehead atoms. The van der Waals surface area contributed by atoms with Crippen molar-refractivity contribution in [1.29, 1.82) is 0 Å². The lowest BCUT2D eigenvalue weighted by Crippen LogP contribution is -2.22. The summed E-state index contributed by atoms with van der Waals surface area (Å²) in [6, 6.07) is 13.7. The van der Waals surface area contributed by atoms with E-state index < -0.39 is 10.0 Å². The normalized spacial score (nSPS) is 11.4. The average Bonchev–Trinajstić information content (AvgIpc) is 2.57. The third kappa shape index (κ3) is 5.30. The maximum atomic E-state index is 12.0. The SMILES string of the molecule is Cc1ccc(OCCC(=O)Nc2ccc(S(=O)(=O)N(C)C)cc2)cc1. The zero-order valence-corrected chi connectivity index (χ0v) is 15.3. The number of carbonyl (C=O) groups excluding carboxylic acids is 1. The molecule has 1 amide bonds. The van der Waals surface area contributed by atoms with Gasteiger partial charge in [-0.1, -0.05) is 17.7 Å². The van der Waals surface area contributed by atoms with Crippen molar-refractivity contribution in [3.05, 3.63) is 54.1 Å². The van der Waals surface area contributed by atoms with Crippen LogP contribution in [0.25, 0.3) is 0 Å². The summed E-state index contributed by atoms with van der Waals surface area (Å²) in [5, 5.41) is 2.72. The van der Waals surface area contributed by atoms with Crippen molar-refractivity contribution in [2.75, 3.05) is 26.0 Å². The summed E-state index contributed by atoms with van der Waals surface area (Å²) in [6.45, 7) is 2.26. The van der Waals surface area contributed by atoms with Crippen molar-refractivity contribution >= 4 is 21.6 Å². The van der Waals surface area contributed by atoms with Crippen LogP contribution in [0.3, 0.4) is 0 Å². The molecule has 0 aliphatic rings. The highest BCUT2D eigenvalue weighted by atomic mass is 32.2. The Bertz CT molecular complexity index is 813. The molecule has 2 aromatic carbocycles. The maximum absolute atomic E-state index is 12.0. The van der Waals surface area contributed by atoms with Crippen LogP contribution in [0.15, 0.2) is 53.4 Å². The molecule has 0 spiro atoms. The van der Waals surface area contributed by atoms with E-state index in [0.717, 1.165) is 15.6 Å². The van der Waals surface area contributed by atoms with Crippen LogP contribution in [0.1, 0.15) is 12.0 Å². The van der Waals surface area contributed by atoms with E-state index in [9.17, 15) is 13.2 Å². The van der Waals surface area contributed by atoms with Crippen LogP contribution < -0.4 is 10.1 Å². The van der Waals surface area contributed by atoms with Crippen molar-refractivity contribution < 1.29 is 17.9 Å². The van der Waals surface area contributed by atoms with Crippen molar-refractivity contribution in [2.45, 2.75) is 18.2 Å². The first-order valence-electron chi connectivity index (χ1n) is 7.81. The van der Waals surface area contributed by atoms with E-state index in [2.05, 4.69) is 5.32 Å². The largest absolute Gasteiger partial charge is 0.493 e. The van der Waals surface area contributed by atoms with Crippen molar-refractivity contribution in [3.8, 4) is 5.75 Å². The fourth-order valence-electron chi connectivity index (χ4n) is 2.04. The lowest BCUT2D eigenvalue weighted by Gasteiger charge is -2.12. The van der Waals surface area contributed by atoms with E-state index in [1.54, 1.807) is 12.1 Å². The zero-order chi connectivity index (χ0) is 18.4. The maximum Gasteiger partial charge on any atom is 0.242 e. The van der Waals surface area contributed by atoms with Gasteiger partial charge in [0.15, 0.2) is 0 Å². The lowest BCUT2D eigenvalue weighted by molar-refractivity contribution is -0.116. The molecule has 2 rings (SSSR count). The lowest BCUT2D eigenvalue weighted by atomic mass is 10.2. The highest BCUT2D eigenvalue weighted by Crippen LogP contribution is 2.17. The number of ether oxygens (including phenoxy) is 1. The smallest absolute Gasteiger partial charge is 0.242 e. The molecule has 0 saturated carbocycles. The number of benzene rings is 2. The second kappa shape index (κ2) is 8.13. The Morgan fingerprint density at radius 2 is 1.64 bits per heavy atom. The fraction of sp³-hybridized carbons (Fsp3) is 0.278. The van der Waals surface area contributed by atoms with Gasteiger partial charge in [-0.25, -0.2) is 12.7 Å². The predicted molar refractivity (Wildman–Crippen MR) is 97.2 cm³/mol. The zero-order valence-electron chi connectivity index (χ0n) is 14.5. The van der Waals surface area contributed by atoms with Gasteiger partial charge in [0.25, 0.3) is 0 Å². The average molecular weight is 362 g/mol. The number of hydrogen-bond acceptors (Lipinski definition) is 4. The number of amides is 1. The summed E-state index contributed by atoms with van der Waals surface area (Å²) >= 11 is 0. The van der Waals surface area contributed by atoms with Crippen LogP contribution in [0.5, 0.6) is 5.75 Å². The van der Waals surface area contributed by atoms with Gasteiger partial charge in [-0.2, -0.15) is 0 Å². The Labute approximate surface area is 148 Å². The van der Waals surface area contributed by atoms with Crippen molar-refractivity contribution in [1.82, 2.24) is 4.31 Å². The third-order valence-corrected chi connectivity index (χ3v) is 5.36. The molecule has 0 aliphatic carbocycles. The van der Waals surface area contributed by atoms with E-state index in [1.807, 2.05) is 31.2 Å². The van der Waals surface area contributed by atoms with Crippen LogP contribution in [-0.4, -0.2) is 39.3 Å². The van der Waals surface area contributed by atoms with E-state index in [4.69, 9.17) is 4.74 Å². The Morgan fingerprint density at radius 1 is 1.04 bits per heavy atom. The molecule has 25 heavy (non-hydrogen) atoms. The van der Waals surface area contributed by atoms with Gasteiger partial charge in [0.2, 0.25) is 15.9 Å².